The van der Waals surface area contributed by atoms with Gasteiger partial charge in [-0.1, -0.05) is 12.1 Å². The molecular formula is C16H21FN2O. The Bertz CT molecular complexity index is 485. The number of hydrogen-bond donors (Lipinski definition) is 1. The molecule has 4 heteroatoms. The summed E-state index contributed by atoms with van der Waals surface area (Å²) in [4.78, 5) is 14.6. The molecule has 1 aromatic carbocycles. The quantitative estimate of drug-likeness (QED) is 0.915. The average molecular weight is 276 g/mol. The van der Waals surface area contributed by atoms with Crippen molar-refractivity contribution in [3.05, 3.63) is 35.6 Å². The molecule has 108 valence electrons. The van der Waals surface area contributed by atoms with E-state index in [4.69, 9.17) is 0 Å². The number of likely N-dealkylation sites (tertiary alicyclic amines) is 1. The molecule has 0 aromatic heterocycles. The van der Waals surface area contributed by atoms with Crippen molar-refractivity contribution in [1.29, 1.82) is 0 Å². The second kappa shape index (κ2) is 5.92. The molecule has 2 unspecified atom stereocenters. The first-order valence-electron chi connectivity index (χ1n) is 7.49. The summed E-state index contributed by atoms with van der Waals surface area (Å²) in [5.74, 6) is 0.232. The smallest absolute Gasteiger partial charge is 0.227 e. The van der Waals surface area contributed by atoms with E-state index in [9.17, 15) is 9.18 Å². The maximum Gasteiger partial charge on any atom is 0.227 e. The van der Waals surface area contributed by atoms with E-state index in [0.29, 0.717) is 0 Å². The Morgan fingerprint density at radius 2 is 2.30 bits per heavy atom. The summed E-state index contributed by atoms with van der Waals surface area (Å²) >= 11 is 0. The Balaban J connectivity index is 1.67. The molecule has 2 aliphatic rings. The van der Waals surface area contributed by atoms with Crippen molar-refractivity contribution in [2.24, 2.45) is 5.92 Å². The number of rotatable bonds is 3. The fourth-order valence-electron chi connectivity index (χ4n) is 3.37. The van der Waals surface area contributed by atoms with Crippen LogP contribution in [0.25, 0.3) is 0 Å². The number of hydrogen-bond acceptors (Lipinski definition) is 2. The highest BCUT2D eigenvalue weighted by atomic mass is 19.1. The van der Waals surface area contributed by atoms with Crippen molar-refractivity contribution in [1.82, 2.24) is 10.2 Å². The zero-order chi connectivity index (χ0) is 13.9. The first-order chi connectivity index (χ1) is 9.74. The second-order valence-corrected chi connectivity index (χ2v) is 5.85. The molecule has 2 saturated heterocycles. The lowest BCUT2D eigenvalue weighted by Crippen LogP contribution is -2.41. The molecule has 2 atom stereocenters. The van der Waals surface area contributed by atoms with E-state index in [1.54, 1.807) is 12.1 Å². The minimum atomic E-state index is -0.196. The van der Waals surface area contributed by atoms with E-state index < -0.39 is 0 Å². The van der Waals surface area contributed by atoms with Crippen LogP contribution in [0.2, 0.25) is 0 Å². The molecule has 20 heavy (non-hydrogen) atoms. The highest BCUT2D eigenvalue weighted by Crippen LogP contribution is 2.25. The number of nitrogens with zero attached hydrogens (tertiary/aromatic N) is 1. The van der Waals surface area contributed by atoms with Gasteiger partial charge in [-0.05, 0) is 49.9 Å². The predicted molar refractivity (Wildman–Crippen MR) is 75.8 cm³/mol. The third-order valence-electron chi connectivity index (χ3n) is 4.43. The average Bonchev–Trinajstić information content (AvgIpc) is 3.09. The van der Waals surface area contributed by atoms with E-state index in [0.717, 1.165) is 50.9 Å². The summed E-state index contributed by atoms with van der Waals surface area (Å²) in [5.41, 5.74) is 0.985. The van der Waals surface area contributed by atoms with Crippen LogP contribution in [0.15, 0.2) is 24.3 Å². The highest BCUT2D eigenvalue weighted by molar-refractivity contribution is 5.80. The van der Waals surface area contributed by atoms with Crippen molar-refractivity contribution in [3.63, 3.8) is 0 Å². The molecule has 0 aliphatic carbocycles. The number of amides is 1. The maximum absolute atomic E-state index is 13.3. The summed E-state index contributed by atoms with van der Waals surface area (Å²) in [5, 5.41) is 3.25. The van der Waals surface area contributed by atoms with Gasteiger partial charge >= 0.3 is 0 Å². The third kappa shape index (κ3) is 2.85. The van der Waals surface area contributed by atoms with E-state index in [1.165, 1.54) is 6.07 Å². The number of carbonyl (C=O) groups excluding carboxylic acids is 1. The zero-order valence-electron chi connectivity index (χ0n) is 11.6. The minimum Gasteiger partial charge on any atom is -0.339 e. The highest BCUT2D eigenvalue weighted by Gasteiger charge is 2.34. The van der Waals surface area contributed by atoms with Gasteiger partial charge in [0.25, 0.3) is 0 Å². The van der Waals surface area contributed by atoms with Gasteiger partial charge in [-0.2, -0.15) is 0 Å². The molecule has 0 spiro atoms. The van der Waals surface area contributed by atoms with E-state index >= 15 is 0 Å². The molecule has 2 fully saturated rings. The Labute approximate surface area is 119 Å². The van der Waals surface area contributed by atoms with Crippen LogP contribution >= 0.6 is 0 Å². The van der Waals surface area contributed by atoms with Gasteiger partial charge in [-0.3, -0.25) is 4.79 Å². The molecule has 0 saturated carbocycles. The minimum absolute atomic E-state index is 0.142. The van der Waals surface area contributed by atoms with Crippen molar-refractivity contribution >= 4 is 5.91 Å². The normalized spacial score (nSPS) is 26.1. The van der Waals surface area contributed by atoms with Crippen molar-refractivity contribution in [3.8, 4) is 0 Å². The molecule has 1 N–H and O–H groups in total. The van der Waals surface area contributed by atoms with Crippen molar-refractivity contribution in [2.75, 3.05) is 19.6 Å². The fourth-order valence-corrected chi connectivity index (χ4v) is 3.37. The van der Waals surface area contributed by atoms with Crippen molar-refractivity contribution < 1.29 is 9.18 Å². The lowest BCUT2D eigenvalue weighted by Gasteiger charge is -2.27. The van der Waals surface area contributed by atoms with Crippen LogP contribution < -0.4 is 5.32 Å². The van der Waals surface area contributed by atoms with Gasteiger partial charge in [0.2, 0.25) is 5.91 Å². The second-order valence-electron chi connectivity index (χ2n) is 5.85. The Hall–Kier alpha value is -1.42. The standard InChI is InChI=1S/C16H21FN2O/c17-14-4-1-3-12(9-14)10-15-5-2-8-19(15)16(20)13-6-7-18-11-13/h1,3-4,9,13,15,18H,2,5-8,10-11H2. The maximum atomic E-state index is 13.3. The SMILES string of the molecule is O=C(C1CCNC1)N1CCCC1Cc1cccc(F)c1. The summed E-state index contributed by atoms with van der Waals surface area (Å²) in [7, 11) is 0. The number of nitrogens with one attached hydrogen (secondary N) is 1. The first kappa shape index (κ1) is 13.6. The van der Waals surface area contributed by atoms with Gasteiger partial charge < -0.3 is 10.2 Å². The molecule has 0 bridgehead atoms. The summed E-state index contributed by atoms with van der Waals surface area (Å²) in [6.45, 7) is 2.61. The van der Waals surface area contributed by atoms with Gasteiger partial charge in [0.05, 0.1) is 5.92 Å². The molecular weight excluding hydrogens is 255 g/mol. The molecule has 3 rings (SSSR count). The summed E-state index contributed by atoms with van der Waals surface area (Å²) < 4.78 is 13.3. The van der Waals surface area contributed by atoms with Crippen molar-refractivity contribution in [2.45, 2.75) is 31.7 Å². The van der Waals surface area contributed by atoms with Gasteiger partial charge in [0, 0.05) is 19.1 Å². The molecule has 0 radical (unpaired) electrons. The zero-order valence-corrected chi connectivity index (χ0v) is 11.6. The van der Waals surface area contributed by atoms with Gasteiger partial charge in [0.1, 0.15) is 5.82 Å². The Morgan fingerprint density at radius 3 is 3.05 bits per heavy atom. The molecule has 3 nitrogen and oxygen atoms in total. The van der Waals surface area contributed by atoms with Gasteiger partial charge in [0.15, 0.2) is 0 Å². The van der Waals surface area contributed by atoms with Gasteiger partial charge in [-0.25, -0.2) is 4.39 Å². The van der Waals surface area contributed by atoms with Crippen LogP contribution in [-0.4, -0.2) is 36.5 Å². The molecule has 1 amide bonds. The predicted octanol–water partition coefficient (Wildman–Crippen LogP) is 1.97. The van der Waals surface area contributed by atoms with Crippen LogP contribution in [0.4, 0.5) is 4.39 Å². The lowest BCUT2D eigenvalue weighted by molar-refractivity contribution is -0.135. The molecule has 2 aliphatic heterocycles. The Kier molecular flexibility index (Phi) is 4.01. The summed E-state index contributed by atoms with van der Waals surface area (Å²) in [6.07, 6.45) is 3.81. The molecule has 2 heterocycles. The third-order valence-corrected chi connectivity index (χ3v) is 4.43. The van der Waals surface area contributed by atoms with Gasteiger partial charge in [-0.15, -0.1) is 0 Å². The monoisotopic (exact) mass is 276 g/mol. The lowest BCUT2D eigenvalue weighted by atomic mass is 10.0. The van der Waals surface area contributed by atoms with Crippen LogP contribution in [0, 0.1) is 11.7 Å². The first-order valence-corrected chi connectivity index (χ1v) is 7.49. The van der Waals surface area contributed by atoms with E-state index in [-0.39, 0.29) is 23.7 Å². The Morgan fingerprint density at radius 1 is 1.40 bits per heavy atom. The van der Waals surface area contributed by atoms with Crippen LogP contribution in [0.1, 0.15) is 24.8 Å². The number of benzene rings is 1. The van der Waals surface area contributed by atoms with E-state index in [1.807, 2.05) is 11.0 Å². The number of halogens is 1. The fraction of sp³-hybridized carbons (Fsp3) is 0.562. The van der Waals surface area contributed by atoms with Crippen LogP contribution in [0.5, 0.6) is 0 Å². The topological polar surface area (TPSA) is 32.3 Å². The number of carbonyl (C=O) groups is 1. The van der Waals surface area contributed by atoms with Crippen LogP contribution in [0.3, 0.4) is 0 Å². The largest absolute Gasteiger partial charge is 0.339 e. The van der Waals surface area contributed by atoms with Crippen LogP contribution in [-0.2, 0) is 11.2 Å². The van der Waals surface area contributed by atoms with E-state index in [2.05, 4.69) is 5.32 Å². The molecule has 1 aromatic rings. The summed E-state index contributed by atoms with van der Waals surface area (Å²) in [6, 6.07) is 6.97.